The van der Waals surface area contributed by atoms with Crippen LogP contribution in [-0.2, 0) is 18.7 Å². The lowest BCUT2D eigenvalue weighted by Crippen LogP contribution is -2.67. The standard InChI is InChI=1S/C30H52O4Si/c1-26(2,3)35(10,11)34-22-15-14-19-23-21(17-27(4,5)30(19,22)9)29(8)16-18(31)12-13-20(29)24-25(23)33-28(6,7)32-24/h19-25H,12-17H2,1-11H3/t19?,20?,21?,22-,23?,24+,25+,29-,30-/m0/s1. The number of Topliss-reactive ketones (excluding diaryl/α,β-unsaturated/α-hetero) is 1. The van der Waals surface area contributed by atoms with E-state index in [1.807, 2.05) is 0 Å². The summed E-state index contributed by atoms with van der Waals surface area (Å²) in [5, 5.41) is 0.203. The minimum absolute atomic E-state index is 0.00191. The van der Waals surface area contributed by atoms with Crippen LogP contribution in [0.2, 0.25) is 18.1 Å². The monoisotopic (exact) mass is 504 g/mol. The van der Waals surface area contributed by atoms with E-state index in [1.165, 1.54) is 6.42 Å². The van der Waals surface area contributed by atoms with E-state index in [9.17, 15) is 4.79 Å². The molecule has 4 saturated carbocycles. The fourth-order valence-electron chi connectivity index (χ4n) is 9.39. The summed E-state index contributed by atoms with van der Waals surface area (Å²) >= 11 is 0. The van der Waals surface area contributed by atoms with E-state index in [0.717, 1.165) is 25.7 Å². The van der Waals surface area contributed by atoms with Gasteiger partial charge in [-0.1, -0.05) is 48.5 Å². The van der Waals surface area contributed by atoms with Gasteiger partial charge in [0.15, 0.2) is 14.1 Å². The van der Waals surface area contributed by atoms with Crippen molar-refractivity contribution in [3.8, 4) is 0 Å². The molecule has 1 saturated heterocycles. The highest BCUT2D eigenvalue weighted by Crippen LogP contribution is 2.73. The van der Waals surface area contributed by atoms with E-state index in [1.54, 1.807) is 0 Å². The first-order chi connectivity index (χ1) is 15.8. The number of carbonyl (C=O) groups is 1. The Morgan fingerprint density at radius 2 is 1.51 bits per heavy atom. The number of carbonyl (C=O) groups excluding carboxylic acids is 1. The maximum absolute atomic E-state index is 12.9. The SMILES string of the molecule is CC1(C)O[C@@H]2C3C(CC(C)(C)[C@@]4(C)C3CC[C@@H]4O[Si](C)(C)C(C)(C)C)[C@@]3(C)CC(=O)CCC3[C@H]2O1. The molecule has 5 heteroatoms. The molecule has 200 valence electrons. The average Bonchev–Trinajstić information content (AvgIpc) is 3.18. The summed E-state index contributed by atoms with van der Waals surface area (Å²) in [6, 6.07) is 0. The number of rotatable bonds is 2. The normalized spacial score (nSPS) is 48.7. The highest BCUT2D eigenvalue weighted by atomic mass is 28.4. The van der Waals surface area contributed by atoms with Crippen molar-refractivity contribution in [2.45, 2.75) is 143 Å². The highest BCUT2D eigenvalue weighted by molar-refractivity contribution is 6.74. The molecular weight excluding hydrogens is 452 g/mol. The van der Waals surface area contributed by atoms with Crippen LogP contribution in [-0.4, -0.2) is 38.2 Å². The van der Waals surface area contributed by atoms with E-state index in [-0.39, 0.29) is 39.6 Å². The molecule has 35 heavy (non-hydrogen) atoms. The van der Waals surface area contributed by atoms with Crippen LogP contribution >= 0.6 is 0 Å². The molecule has 0 aromatic carbocycles. The van der Waals surface area contributed by atoms with Gasteiger partial charge in [0.1, 0.15) is 5.78 Å². The van der Waals surface area contributed by atoms with Crippen molar-refractivity contribution < 1.29 is 18.7 Å². The average molecular weight is 505 g/mol. The number of fused-ring (bicyclic) bond motifs is 8. The van der Waals surface area contributed by atoms with Crippen LogP contribution in [0.1, 0.15) is 101 Å². The van der Waals surface area contributed by atoms with Crippen molar-refractivity contribution in [3.05, 3.63) is 0 Å². The Balaban J connectivity index is 1.58. The van der Waals surface area contributed by atoms with Gasteiger partial charge in [-0.3, -0.25) is 4.79 Å². The molecule has 0 radical (unpaired) electrons. The fourth-order valence-corrected chi connectivity index (χ4v) is 10.8. The van der Waals surface area contributed by atoms with Crippen LogP contribution < -0.4 is 0 Å². The first-order valence-corrected chi connectivity index (χ1v) is 17.3. The molecule has 4 nitrogen and oxygen atoms in total. The highest BCUT2D eigenvalue weighted by Gasteiger charge is 2.72. The molecule has 0 amide bonds. The maximum Gasteiger partial charge on any atom is 0.192 e. The zero-order valence-corrected chi connectivity index (χ0v) is 25.4. The van der Waals surface area contributed by atoms with E-state index in [4.69, 9.17) is 13.9 Å². The first-order valence-electron chi connectivity index (χ1n) is 14.4. The third-order valence-corrected chi connectivity index (χ3v) is 17.0. The molecular formula is C30H52O4Si. The Bertz CT molecular complexity index is 887. The predicted molar refractivity (Wildman–Crippen MR) is 143 cm³/mol. The van der Waals surface area contributed by atoms with Crippen molar-refractivity contribution in [1.82, 2.24) is 0 Å². The number of hydrogen-bond donors (Lipinski definition) is 0. The van der Waals surface area contributed by atoms with Crippen molar-refractivity contribution in [1.29, 1.82) is 0 Å². The Hall–Kier alpha value is -0.233. The maximum atomic E-state index is 12.9. The second-order valence-electron chi connectivity index (χ2n) is 16.0. The minimum Gasteiger partial charge on any atom is -0.413 e. The van der Waals surface area contributed by atoms with Crippen LogP contribution in [0.3, 0.4) is 0 Å². The largest absolute Gasteiger partial charge is 0.413 e. The Kier molecular flexibility index (Phi) is 5.78. The van der Waals surface area contributed by atoms with Crippen molar-refractivity contribution in [3.63, 3.8) is 0 Å². The van der Waals surface area contributed by atoms with E-state index in [2.05, 4.69) is 75.4 Å². The van der Waals surface area contributed by atoms with Crippen LogP contribution in [0.5, 0.6) is 0 Å². The Morgan fingerprint density at radius 3 is 2.14 bits per heavy atom. The molecule has 0 spiro atoms. The van der Waals surface area contributed by atoms with Gasteiger partial charge in [-0.05, 0) is 92.2 Å². The van der Waals surface area contributed by atoms with Gasteiger partial charge in [0, 0.05) is 18.3 Å². The molecule has 4 aliphatic carbocycles. The van der Waals surface area contributed by atoms with Gasteiger partial charge in [0.2, 0.25) is 0 Å². The Morgan fingerprint density at radius 1 is 0.886 bits per heavy atom. The zero-order chi connectivity index (χ0) is 26.0. The summed E-state index contributed by atoms with van der Waals surface area (Å²) < 4.78 is 20.8. The van der Waals surface area contributed by atoms with E-state index in [0.29, 0.717) is 35.9 Å². The minimum atomic E-state index is -1.90. The molecule has 0 N–H and O–H groups in total. The number of ether oxygens (including phenoxy) is 2. The summed E-state index contributed by atoms with van der Waals surface area (Å²) in [5.74, 6) is 1.77. The van der Waals surface area contributed by atoms with E-state index < -0.39 is 14.1 Å². The summed E-state index contributed by atoms with van der Waals surface area (Å²) in [4.78, 5) is 12.9. The molecule has 1 heterocycles. The molecule has 0 aromatic heterocycles. The molecule has 5 rings (SSSR count). The smallest absolute Gasteiger partial charge is 0.192 e. The predicted octanol–water partition coefficient (Wildman–Crippen LogP) is 7.36. The summed E-state index contributed by atoms with van der Waals surface area (Å²) in [6.07, 6.45) is 6.39. The molecule has 1 aliphatic heterocycles. The quantitative estimate of drug-likeness (QED) is 0.368. The first kappa shape index (κ1) is 26.4. The number of hydrogen-bond acceptors (Lipinski definition) is 4. The lowest BCUT2D eigenvalue weighted by atomic mass is 9.39. The van der Waals surface area contributed by atoms with Gasteiger partial charge < -0.3 is 13.9 Å². The second-order valence-corrected chi connectivity index (χ2v) is 20.8. The van der Waals surface area contributed by atoms with Crippen LogP contribution in [0.4, 0.5) is 0 Å². The molecule has 9 atom stereocenters. The fraction of sp³-hybridized carbons (Fsp3) is 0.967. The van der Waals surface area contributed by atoms with Gasteiger partial charge in [-0.2, -0.15) is 0 Å². The van der Waals surface area contributed by atoms with Gasteiger partial charge in [-0.15, -0.1) is 0 Å². The summed E-state index contributed by atoms with van der Waals surface area (Å²) in [7, 11) is -1.90. The third-order valence-electron chi connectivity index (χ3n) is 12.5. The van der Waals surface area contributed by atoms with Crippen molar-refractivity contribution >= 4 is 14.1 Å². The second kappa shape index (κ2) is 7.67. The van der Waals surface area contributed by atoms with Crippen LogP contribution in [0.15, 0.2) is 0 Å². The topological polar surface area (TPSA) is 44.8 Å². The summed E-state index contributed by atoms with van der Waals surface area (Å²) in [6.45, 7) is 26.1. The Labute approximate surface area is 215 Å². The molecule has 5 fully saturated rings. The van der Waals surface area contributed by atoms with Crippen LogP contribution in [0.25, 0.3) is 0 Å². The van der Waals surface area contributed by atoms with Crippen LogP contribution in [0, 0.1) is 39.9 Å². The lowest BCUT2D eigenvalue weighted by molar-refractivity contribution is -0.218. The van der Waals surface area contributed by atoms with E-state index >= 15 is 0 Å². The molecule has 0 aromatic rings. The zero-order valence-electron chi connectivity index (χ0n) is 24.4. The lowest BCUT2D eigenvalue weighted by Gasteiger charge is -2.67. The summed E-state index contributed by atoms with van der Waals surface area (Å²) in [5.41, 5.74) is 0.229. The van der Waals surface area contributed by atoms with Gasteiger partial charge in [-0.25, -0.2) is 0 Å². The third kappa shape index (κ3) is 3.64. The van der Waals surface area contributed by atoms with Gasteiger partial charge in [0.05, 0.1) is 18.3 Å². The molecule has 5 aliphatic rings. The van der Waals surface area contributed by atoms with Crippen molar-refractivity contribution in [2.24, 2.45) is 39.9 Å². The molecule has 4 unspecified atom stereocenters. The van der Waals surface area contributed by atoms with Gasteiger partial charge >= 0.3 is 0 Å². The van der Waals surface area contributed by atoms with Crippen molar-refractivity contribution in [2.75, 3.05) is 0 Å². The van der Waals surface area contributed by atoms with Gasteiger partial charge in [0.25, 0.3) is 0 Å². The number of ketones is 1. The molecule has 0 bridgehead atoms.